The quantitative estimate of drug-likeness (QED) is 0.783. The maximum Gasteiger partial charge on any atom is 0.237 e. The number of halogens is 2. The zero-order valence-electron chi connectivity index (χ0n) is 9.46. The fraction of sp³-hybridized carbons (Fsp3) is 0.417. The summed E-state index contributed by atoms with van der Waals surface area (Å²) in [4.78, 5) is 12.9. The average Bonchev–Trinajstić information content (AvgIpc) is 2.28. The third-order valence-electron chi connectivity index (χ3n) is 2.57. The van der Waals surface area contributed by atoms with Crippen molar-refractivity contribution >= 4 is 33.4 Å². The van der Waals surface area contributed by atoms with E-state index >= 15 is 0 Å². The molecule has 0 N–H and O–H groups in total. The van der Waals surface area contributed by atoms with Gasteiger partial charge in [0, 0.05) is 18.1 Å². The van der Waals surface area contributed by atoms with Crippen molar-refractivity contribution in [3.05, 3.63) is 33.8 Å². The number of likely N-dealkylation sites (N-methyl/N-ethyl adjacent to an activating group) is 1. The summed E-state index contributed by atoms with van der Waals surface area (Å²) in [7, 11) is 1.78. The smallest absolute Gasteiger partial charge is 0.237 e. The fourth-order valence-corrected chi connectivity index (χ4v) is 2.04. The number of alkyl halides is 1. The Morgan fingerprint density at radius 2 is 2.19 bits per heavy atom. The van der Waals surface area contributed by atoms with Gasteiger partial charge in [0.05, 0.1) is 0 Å². The summed E-state index contributed by atoms with van der Waals surface area (Å²) in [6.07, 6.45) is 0.852. The molecule has 0 heterocycles. The molecular weight excluding hydrogens is 289 g/mol. The first-order valence-electron chi connectivity index (χ1n) is 5.09. The van der Waals surface area contributed by atoms with Crippen LogP contribution in [0, 0.1) is 6.92 Å². The molecule has 0 aromatic heterocycles. The van der Waals surface area contributed by atoms with Crippen LogP contribution in [0.4, 0.5) is 0 Å². The molecule has 88 valence electrons. The van der Waals surface area contributed by atoms with Crippen molar-refractivity contribution in [1.82, 2.24) is 4.90 Å². The number of rotatable bonds is 4. The lowest BCUT2D eigenvalue weighted by molar-refractivity contribution is -0.127. The van der Waals surface area contributed by atoms with Gasteiger partial charge in [-0.25, -0.2) is 0 Å². The second kappa shape index (κ2) is 6.26. The molecule has 0 aliphatic rings. The molecule has 0 bridgehead atoms. The molecule has 0 radical (unpaired) electrons. The van der Waals surface area contributed by atoms with Gasteiger partial charge in [-0.1, -0.05) is 22.0 Å². The predicted molar refractivity (Wildman–Crippen MR) is 70.9 cm³/mol. The van der Waals surface area contributed by atoms with Crippen LogP contribution in [0.25, 0.3) is 0 Å². The molecule has 0 saturated carbocycles. The van der Waals surface area contributed by atoms with Crippen LogP contribution in [0.2, 0.25) is 0 Å². The summed E-state index contributed by atoms with van der Waals surface area (Å²) in [5, 5.41) is 0. The SMILES string of the molecule is Cc1ccc(Br)cc1CCN(C)C(=O)CCl. The summed E-state index contributed by atoms with van der Waals surface area (Å²) in [6, 6.07) is 6.18. The second-order valence-electron chi connectivity index (χ2n) is 3.77. The van der Waals surface area contributed by atoms with Crippen LogP contribution in [0.15, 0.2) is 22.7 Å². The molecule has 0 unspecified atom stereocenters. The van der Waals surface area contributed by atoms with Crippen molar-refractivity contribution in [2.24, 2.45) is 0 Å². The number of benzene rings is 1. The Morgan fingerprint density at radius 1 is 1.50 bits per heavy atom. The number of hydrogen-bond acceptors (Lipinski definition) is 1. The molecule has 2 nitrogen and oxygen atoms in total. The van der Waals surface area contributed by atoms with Crippen LogP contribution in [-0.4, -0.2) is 30.3 Å². The minimum Gasteiger partial charge on any atom is -0.344 e. The highest BCUT2D eigenvalue weighted by Crippen LogP contribution is 2.16. The molecule has 0 saturated heterocycles. The van der Waals surface area contributed by atoms with Crippen LogP contribution in [-0.2, 0) is 11.2 Å². The van der Waals surface area contributed by atoms with Gasteiger partial charge in [-0.15, -0.1) is 11.6 Å². The standard InChI is InChI=1S/C12H15BrClNO/c1-9-3-4-11(13)7-10(9)5-6-15(2)12(16)8-14/h3-4,7H,5-6,8H2,1-2H3. The Kier molecular flexibility index (Phi) is 5.29. The van der Waals surface area contributed by atoms with E-state index in [9.17, 15) is 4.79 Å². The van der Waals surface area contributed by atoms with Gasteiger partial charge in [-0.2, -0.15) is 0 Å². The third kappa shape index (κ3) is 3.80. The second-order valence-corrected chi connectivity index (χ2v) is 4.95. The summed E-state index contributed by atoms with van der Waals surface area (Å²) in [5.74, 6) is 0.0165. The Hall–Kier alpha value is -0.540. The molecule has 1 amide bonds. The maximum absolute atomic E-state index is 11.3. The fourth-order valence-electron chi connectivity index (χ4n) is 1.42. The maximum atomic E-state index is 11.3. The Balaban J connectivity index is 2.60. The van der Waals surface area contributed by atoms with Gasteiger partial charge < -0.3 is 4.90 Å². The molecule has 0 aliphatic carbocycles. The Labute approximate surface area is 110 Å². The van der Waals surface area contributed by atoms with Crippen LogP contribution < -0.4 is 0 Å². The first kappa shape index (κ1) is 13.5. The molecule has 0 atom stereocenters. The van der Waals surface area contributed by atoms with E-state index in [0.717, 1.165) is 10.9 Å². The van der Waals surface area contributed by atoms with Crippen molar-refractivity contribution in [1.29, 1.82) is 0 Å². The average molecular weight is 305 g/mol. The van der Waals surface area contributed by atoms with E-state index in [4.69, 9.17) is 11.6 Å². The van der Waals surface area contributed by atoms with E-state index < -0.39 is 0 Å². The number of nitrogens with zero attached hydrogens (tertiary/aromatic N) is 1. The Bertz CT molecular complexity index is 381. The summed E-state index contributed by atoms with van der Waals surface area (Å²) in [5.41, 5.74) is 2.50. The molecule has 1 rings (SSSR count). The first-order chi connectivity index (χ1) is 7.54. The first-order valence-corrected chi connectivity index (χ1v) is 6.42. The van der Waals surface area contributed by atoms with E-state index in [-0.39, 0.29) is 11.8 Å². The number of amides is 1. The molecule has 16 heavy (non-hydrogen) atoms. The molecular formula is C12H15BrClNO. The van der Waals surface area contributed by atoms with Crippen LogP contribution >= 0.6 is 27.5 Å². The van der Waals surface area contributed by atoms with Crippen molar-refractivity contribution in [2.45, 2.75) is 13.3 Å². The molecule has 1 aromatic carbocycles. The zero-order valence-corrected chi connectivity index (χ0v) is 11.8. The van der Waals surface area contributed by atoms with Crippen molar-refractivity contribution < 1.29 is 4.79 Å². The predicted octanol–water partition coefficient (Wildman–Crippen LogP) is 3.00. The normalized spacial score (nSPS) is 10.2. The van der Waals surface area contributed by atoms with E-state index in [2.05, 4.69) is 35.0 Å². The number of aryl methyl sites for hydroxylation is 1. The lowest BCUT2D eigenvalue weighted by atomic mass is 10.1. The van der Waals surface area contributed by atoms with Crippen LogP contribution in [0.1, 0.15) is 11.1 Å². The van der Waals surface area contributed by atoms with Gasteiger partial charge >= 0.3 is 0 Å². The highest BCUT2D eigenvalue weighted by Gasteiger charge is 2.07. The summed E-state index contributed by atoms with van der Waals surface area (Å²) in [6.45, 7) is 2.77. The molecule has 0 fully saturated rings. The molecule has 0 aliphatic heterocycles. The minimum atomic E-state index is -0.0330. The minimum absolute atomic E-state index is 0.0330. The van der Waals surface area contributed by atoms with Crippen molar-refractivity contribution in [3.63, 3.8) is 0 Å². The van der Waals surface area contributed by atoms with Gasteiger partial charge in [0.25, 0.3) is 0 Å². The monoisotopic (exact) mass is 303 g/mol. The number of hydrogen-bond donors (Lipinski definition) is 0. The zero-order chi connectivity index (χ0) is 12.1. The summed E-state index contributed by atoms with van der Waals surface area (Å²) >= 11 is 8.93. The van der Waals surface area contributed by atoms with Crippen LogP contribution in [0.3, 0.4) is 0 Å². The van der Waals surface area contributed by atoms with Gasteiger partial charge in [-0.05, 0) is 36.6 Å². The van der Waals surface area contributed by atoms with Gasteiger partial charge in [0.1, 0.15) is 5.88 Å². The van der Waals surface area contributed by atoms with E-state index in [0.29, 0.717) is 6.54 Å². The topological polar surface area (TPSA) is 20.3 Å². The van der Waals surface area contributed by atoms with Gasteiger partial charge in [0.2, 0.25) is 5.91 Å². The van der Waals surface area contributed by atoms with E-state index in [1.165, 1.54) is 11.1 Å². The lowest BCUT2D eigenvalue weighted by Crippen LogP contribution is -2.29. The van der Waals surface area contributed by atoms with Crippen molar-refractivity contribution in [3.8, 4) is 0 Å². The summed E-state index contributed by atoms with van der Waals surface area (Å²) < 4.78 is 1.07. The highest BCUT2D eigenvalue weighted by atomic mass is 79.9. The van der Waals surface area contributed by atoms with Crippen LogP contribution in [0.5, 0.6) is 0 Å². The Morgan fingerprint density at radius 3 is 2.81 bits per heavy atom. The number of carbonyl (C=O) groups is 1. The third-order valence-corrected chi connectivity index (χ3v) is 3.29. The molecule has 4 heteroatoms. The number of carbonyl (C=O) groups excluding carboxylic acids is 1. The highest BCUT2D eigenvalue weighted by molar-refractivity contribution is 9.10. The lowest BCUT2D eigenvalue weighted by Gasteiger charge is -2.16. The van der Waals surface area contributed by atoms with Gasteiger partial charge in [-0.3, -0.25) is 4.79 Å². The van der Waals surface area contributed by atoms with Gasteiger partial charge in [0.15, 0.2) is 0 Å². The van der Waals surface area contributed by atoms with E-state index in [1.807, 2.05) is 6.07 Å². The largest absolute Gasteiger partial charge is 0.344 e. The molecule has 1 aromatic rings. The van der Waals surface area contributed by atoms with Crippen molar-refractivity contribution in [2.75, 3.05) is 19.5 Å². The van der Waals surface area contributed by atoms with E-state index in [1.54, 1.807) is 11.9 Å². The molecule has 0 spiro atoms.